The number of nitrogens with zero attached hydrogens (tertiary/aromatic N) is 1. The maximum Gasteiger partial charge on any atom is 0.0867 e. The predicted molar refractivity (Wildman–Crippen MR) is 66.2 cm³/mol. The first kappa shape index (κ1) is 9.66. The minimum atomic E-state index is 0.197. The minimum absolute atomic E-state index is 0.197. The lowest BCUT2D eigenvalue weighted by molar-refractivity contribution is 1.05. The Morgan fingerprint density at radius 3 is 2.40 bits per heavy atom. The lowest BCUT2D eigenvalue weighted by Crippen LogP contribution is -1.94. The number of allylic oxidation sites excluding steroid dienone is 2. The normalized spacial score (nSPS) is 15.2. The summed E-state index contributed by atoms with van der Waals surface area (Å²) in [4.78, 5) is 4.46. The SMILES string of the molecule is C=Cc1ccccc1C=NC1C=CC=C1. The van der Waals surface area contributed by atoms with Gasteiger partial charge in [0.25, 0.3) is 0 Å². The van der Waals surface area contributed by atoms with E-state index < -0.39 is 0 Å². The van der Waals surface area contributed by atoms with Crippen LogP contribution in [0.5, 0.6) is 0 Å². The van der Waals surface area contributed by atoms with E-state index in [-0.39, 0.29) is 6.04 Å². The van der Waals surface area contributed by atoms with Crippen LogP contribution in [-0.2, 0) is 0 Å². The molecule has 0 spiro atoms. The van der Waals surface area contributed by atoms with Crippen LogP contribution in [-0.4, -0.2) is 12.3 Å². The van der Waals surface area contributed by atoms with Gasteiger partial charge in [0.2, 0.25) is 0 Å². The molecule has 0 saturated heterocycles. The predicted octanol–water partition coefficient (Wildman–Crippen LogP) is 3.24. The van der Waals surface area contributed by atoms with E-state index in [1.807, 2.05) is 48.7 Å². The fourth-order valence-electron chi connectivity index (χ4n) is 1.50. The summed E-state index contributed by atoms with van der Waals surface area (Å²) in [7, 11) is 0. The maximum atomic E-state index is 4.46. The van der Waals surface area contributed by atoms with Crippen molar-refractivity contribution in [2.45, 2.75) is 6.04 Å². The minimum Gasteiger partial charge on any atom is -0.281 e. The summed E-state index contributed by atoms with van der Waals surface area (Å²) in [6.45, 7) is 3.78. The van der Waals surface area contributed by atoms with Crippen molar-refractivity contribution in [1.29, 1.82) is 0 Å². The van der Waals surface area contributed by atoms with Gasteiger partial charge >= 0.3 is 0 Å². The number of aliphatic imine (C=N–C) groups is 1. The first-order chi connectivity index (χ1) is 7.40. The standard InChI is InChI=1S/C14H13N/c1-2-12-7-3-4-8-13(12)11-15-14-9-5-6-10-14/h2-11,14H,1H2. The van der Waals surface area contributed by atoms with Crippen LogP contribution < -0.4 is 0 Å². The Labute approximate surface area is 90.2 Å². The Morgan fingerprint density at radius 2 is 1.73 bits per heavy atom. The molecule has 1 aromatic carbocycles. The van der Waals surface area contributed by atoms with Gasteiger partial charge in [-0.25, -0.2) is 0 Å². The van der Waals surface area contributed by atoms with Crippen LogP contribution in [0, 0.1) is 0 Å². The van der Waals surface area contributed by atoms with Gasteiger partial charge in [0, 0.05) is 6.21 Å². The molecule has 15 heavy (non-hydrogen) atoms. The fraction of sp³-hybridized carbons (Fsp3) is 0.0714. The second kappa shape index (κ2) is 4.56. The molecule has 0 unspecified atom stereocenters. The van der Waals surface area contributed by atoms with Crippen LogP contribution >= 0.6 is 0 Å². The average molecular weight is 195 g/mol. The molecule has 0 saturated carbocycles. The highest BCUT2D eigenvalue weighted by molar-refractivity contribution is 5.85. The van der Waals surface area contributed by atoms with Gasteiger partial charge in [-0.3, -0.25) is 4.99 Å². The molecule has 74 valence electrons. The van der Waals surface area contributed by atoms with Crippen LogP contribution in [0.4, 0.5) is 0 Å². The molecule has 0 fully saturated rings. The molecule has 0 amide bonds. The van der Waals surface area contributed by atoms with E-state index in [9.17, 15) is 0 Å². The van der Waals surface area contributed by atoms with E-state index in [0.717, 1.165) is 11.1 Å². The van der Waals surface area contributed by atoms with E-state index in [1.165, 1.54) is 0 Å². The molecule has 0 bridgehead atoms. The fourth-order valence-corrected chi connectivity index (χ4v) is 1.50. The Hall–Kier alpha value is -1.89. The van der Waals surface area contributed by atoms with Gasteiger partial charge < -0.3 is 0 Å². The lowest BCUT2D eigenvalue weighted by atomic mass is 10.1. The van der Waals surface area contributed by atoms with Crippen LogP contribution in [0.1, 0.15) is 11.1 Å². The Kier molecular flexibility index (Phi) is 2.93. The van der Waals surface area contributed by atoms with Gasteiger partial charge in [0.05, 0.1) is 6.04 Å². The zero-order valence-corrected chi connectivity index (χ0v) is 8.51. The highest BCUT2D eigenvalue weighted by Gasteiger charge is 1.99. The average Bonchev–Trinajstić information content (AvgIpc) is 2.79. The van der Waals surface area contributed by atoms with Crippen molar-refractivity contribution in [3.63, 3.8) is 0 Å². The Balaban J connectivity index is 2.19. The highest BCUT2D eigenvalue weighted by atomic mass is 14.8. The van der Waals surface area contributed by atoms with Crippen molar-refractivity contribution in [2.75, 3.05) is 0 Å². The summed E-state index contributed by atoms with van der Waals surface area (Å²) in [6, 6.07) is 8.29. The summed E-state index contributed by atoms with van der Waals surface area (Å²) in [5.41, 5.74) is 2.23. The van der Waals surface area contributed by atoms with E-state index in [0.29, 0.717) is 0 Å². The molecule has 0 N–H and O–H groups in total. The molecule has 1 aromatic rings. The molecule has 1 nitrogen and oxygen atoms in total. The molecule has 1 heteroatoms. The van der Waals surface area contributed by atoms with Crippen LogP contribution in [0.3, 0.4) is 0 Å². The van der Waals surface area contributed by atoms with Crippen molar-refractivity contribution in [3.05, 3.63) is 66.3 Å². The van der Waals surface area contributed by atoms with Crippen molar-refractivity contribution in [2.24, 2.45) is 4.99 Å². The number of rotatable bonds is 3. The molecule has 1 aliphatic rings. The van der Waals surface area contributed by atoms with Gasteiger partial charge in [-0.1, -0.05) is 61.2 Å². The zero-order valence-electron chi connectivity index (χ0n) is 8.51. The van der Waals surface area contributed by atoms with Gasteiger partial charge in [-0.05, 0) is 11.1 Å². The van der Waals surface area contributed by atoms with Gasteiger partial charge in [0.15, 0.2) is 0 Å². The molecule has 0 atom stereocenters. The maximum absolute atomic E-state index is 4.46. The molecule has 1 aliphatic carbocycles. The van der Waals surface area contributed by atoms with Gasteiger partial charge in [-0.15, -0.1) is 0 Å². The molecule has 0 radical (unpaired) electrons. The largest absolute Gasteiger partial charge is 0.281 e. The van der Waals surface area contributed by atoms with Crippen molar-refractivity contribution in [1.82, 2.24) is 0 Å². The van der Waals surface area contributed by atoms with Gasteiger partial charge in [-0.2, -0.15) is 0 Å². The van der Waals surface area contributed by atoms with E-state index in [2.05, 4.69) is 23.7 Å². The van der Waals surface area contributed by atoms with Crippen molar-refractivity contribution in [3.8, 4) is 0 Å². The molecular weight excluding hydrogens is 182 g/mol. The Bertz CT molecular complexity index is 426. The monoisotopic (exact) mass is 195 g/mol. The van der Waals surface area contributed by atoms with Crippen LogP contribution in [0.2, 0.25) is 0 Å². The summed E-state index contributed by atoms with van der Waals surface area (Å²) >= 11 is 0. The molecule has 2 rings (SSSR count). The molecule has 0 aliphatic heterocycles. The Morgan fingerprint density at radius 1 is 1.07 bits per heavy atom. The summed E-state index contributed by atoms with van der Waals surface area (Å²) in [6.07, 6.45) is 11.9. The summed E-state index contributed by atoms with van der Waals surface area (Å²) < 4.78 is 0. The van der Waals surface area contributed by atoms with Gasteiger partial charge in [0.1, 0.15) is 0 Å². The van der Waals surface area contributed by atoms with Crippen LogP contribution in [0.25, 0.3) is 6.08 Å². The number of hydrogen-bond acceptors (Lipinski definition) is 1. The topological polar surface area (TPSA) is 12.4 Å². The van der Waals surface area contributed by atoms with Crippen LogP contribution in [0.15, 0.2) is 60.1 Å². The lowest BCUT2D eigenvalue weighted by Gasteiger charge is -2.00. The molecule has 0 heterocycles. The summed E-state index contributed by atoms with van der Waals surface area (Å²) in [5, 5.41) is 0. The smallest absolute Gasteiger partial charge is 0.0867 e. The number of benzene rings is 1. The molecular formula is C14H13N. The van der Waals surface area contributed by atoms with E-state index in [4.69, 9.17) is 0 Å². The second-order valence-electron chi connectivity index (χ2n) is 3.37. The third kappa shape index (κ3) is 2.32. The zero-order chi connectivity index (χ0) is 10.5. The van der Waals surface area contributed by atoms with Crippen molar-refractivity contribution >= 4 is 12.3 Å². The third-order valence-electron chi connectivity index (χ3n) is 2.33. The highest BCUT2D eigenvalue weighted by Crippen LogP contribution is 2.09. The van der Waals surface area contributed by atoms with E-state index in [1.54, 1.807) is 0 Å². The first-order valence-electron chi connectivity index (χ1n) is 5.00. The summed E-state index contributed by atoms with van der Waals surface area (Å²) in [5.74, 6) is 0. The molecule has 0 aromatic heterocycles. The number of hydrogen-bond donors (Lipinski definition) is 0. The van der Waals surface area contributed by atoms with Crippen molar-refractivity contribution < 1.29 is 0 Å². The second-order valence-corrected chi connectivity index (χ2v) is 3.37. The van der Waals surface area contributed by atoms with E-state index >= 15 is 0 Å². The third-order valence-corrected chi connectivity index (χ3v) is 2.33. The first-order valence-corrected chi connectivity index (χ1v) is 5.00. The quantitative estimate of drug-likeness (QED) is 0.656.